The lowest BCUT2D eigenvalue weighted by molar-refractivity contribution is 0.0734. The summed E-state index contributed by atoms with van der Waals surface area (Å²) < 4.78 is 5.24. The van der Waals surface area contributed by atoms with Crippen molar-refractivity contribution in [2.75, 3.05) is 0 Å². The first-order valence-electron chi connectivity index (χ1n) is 6.21. The average Bonchev–Trinajstić information content (AvgIpc) is 2.41. The lowest BCUT2D eigenvalue weighted by Crippen LogP contribution is -2.09. The summed E-state index contributed by atoms with van der Waals surface area (Å²) in [5.41, 5.74) is 1.58. The fraction of sp³-hybridized carbons (Fsp3) is 0.267. The molecular weight excluding hydrogens is 240 g/mol. The van der Waals surface area contributed by atoms with Gasteiger partial charge in [0.2, 0.25) is 0 Å². The largest absolute Gasteiger partial charge is 0.423 e. The number of benzene rings is 1. The zero-order valence-electron chi connectivity index (χ0n) is 11.0. The highest BCUT2D eigenvalue weighted by atomic mass is 16.5. The number of aromatic nitrogens is 2. The summed E-state index contributed by atoms with van der Waals surface area (Å²) in [7, 11) is 0. The molecule has 0 amide bonds. The van der Waals surface area contributed by atoms with Crippen LogP contribution in [0.15, 0.2) is 43.0 Å². The minimum atomic E-state index is -0.447. The van der Waals surface area contributed by atoms with Gasteiger partial charge in [-0.1, -0.05) is 26.0 Å². The molecule has 0 spiro atoms. The second-order valence-corrected chi connectivity index (χ2v) is 4.76. The van der Waals surface area contributed by atoms with Crippen molar-refractivity contribution in [3.05, 3.63) is 54.1 Å². The number of hydrogen-bond acceptors (Lipinski definition) is 4. The Morgan fingerprint density at radius 2 is 1.79 bits per heavy atom. The molecule has 98 valence electrons. The van der Waals surface area contributed by atoms with E-state index in [1.165, 1.54) is 24.3 Å². The summed E-state index contributed by atoms with van der Waals surface area (Å²) in [5, 5.41) is 0. The Kier molecular flexibility index (Phi) is 4.23. The van der Waals surface area contributed by atoms with E-state index in [0.717, 1.165) is 6.42 Å². The molecule has 2 rings (SSSR count). The molecule has 4 heteroatoms. The quantitative estimate of drug-likeness (QED) is 0.623. The lowest BCUT2D eigenvalue weighted by Gasteiger charge is -2.07. The number of hydrogen-bond donors (Lipinski definition) is 0. The number of rotatable bonds is 4. The van der Waals surface area contributed by atoms with E-state index in [9.17, 15) is 4.79 Å². The minimum Gasteiger partial charge on any atom is -0.423 e. The molecule has 0 aliphatic carbocycles. The van der Waals surface area contributed by atoms with Crippen molar-refractivity contribution in [2.45, 2.75) is 20.3 Å². The zero-order chi connectivity index (χ0) is 13.7. The Bertz CT molecular complexity index is 536. The van der Waals surface area contributed by atoms with Crippen LogP contribution in [0.3, 0.4) is 0 Å². The molecule has 0 unspecified atom stereocenters. The van der Waals surface area contributed by atoms with E-state index >= 15 is 0 Å². The molecule has 0 aliphatic rings. The van der Waals surface area contributed by atoms with E-state index in [4.69, 9.17) is 4.74 Å². The number of carbonyl (C=O) groups is 1. The smallest absolute Gasteiger partial charge is 0.346 e. The van der Waals surface area contributed by atoms with E-state index in [1.807, 2.05) is 12.1 Å². The molecule has 1 aromatic carbocycles. The van der Waals surface area contributed by atoms with E-state index in [2.05, 4.69) is 23.8 Å². The van der Waals surface area contributed by atoms with Gasteiger partial charge in [-0.3, -0.25) is 0 Å². The van der Waals surface area contributed by atoms with Gasteiger partial charge < -0.3 is 4.74 Å². The predicted octanol–water partition coefficient (Wildman–Crippen LogP) is 2.89. The SMILES string of the molecule is CC(C)Cc1ccc(OC(=O)c2cncnc2)cc1. The second-order valence-electron chi connectivity index (χ2n) is 4.76. The van der Waals surface area contributed by atoms with Crippen molar-refractivity contribution in [3.8, 4) is 5.75 Å². The Hall–Kier alpha value is -2.23. The normalized spacial score (nSPS) is 10.5. The molecule has 1 heterocycles. The van der Waals surface area contributed by atoms with Crippen LogP contribution in [0.25, 0.3) is 0 Å². The Labute approximate surface area is 112 Å². The third kappa shape index (κ3) is 3.88. The Morgan fingerprint density at radius 3 is 2.37 bits per heavy atom. The van der Waals surface area contributed by atoms with Crippen LogP contribution in [0.4, 0.5) is 0 Å². The standard InChI is InChI=1S/C15H16N2O2/c1-11(2)7-12-3-5-14(6-4-12)19-15(18)13-8-16-10-17-9-13/h3-6,8-11H,7H2,1-2H3. The van der Waals surface area contributed by atoms with Gasteiger partial charge in [-0.2, -0.15) is 0 Å². The van der Waals surface area contributed by atoms with Crippen molar-refractivity contribution in [1.29, 1.82) is 0 Å². The molecule has 19 heavy (non-hydrogen) atoms. The molecular formula is C15H16N2O2. The maximum absolute atomic E-state index is 11.8. The van der Waals surface area contributed by atoms with Crippen LogP contribution in [0.5, 0.6) is 5.75 Å². The Morgan fingerprint density at radius 1 is 1.16 bits per heavy atom. The predicted molar refractivity (Wildman–Crippen MR) is 72.0 cm³/mol. The van der Waals surface area contributed by atoms with Crippen LogP contribution in [0, 0.1) is 5.92 Å². The molecule has 4 nitrogen and oxygen atoms in total. The van der Waals surface area contributed by atoms with Crippen LogP contribution < -0.4 is 4.74 Å². The van der Waals surface area contributed by atoms with Gasteiger partial charge in [0, 0.05) is 12.4 Å². The zero-order valence-corrected chi connectivity index (χ0v) is 11.0. The van der Waals surface area contributed by atoms with Crippen molar-refractivity contribution in [3.63, 3.8) is 0 Å². The van der Waals surface area contributed by atoms with E-state index in [1.54, 1.807) is 12.1 Å². The molecule has 0 atom stereocenters. The van der Waals surface area contributed by atoms with Crippen LogP contribution in [0.1, 0.15) is 29.8 Å². The third-order valence-corrected chi connectivity index (χ3v) is 2.57. The van der Waals surface area contributed by atoms with Crippen molar-refractivity contribution >= 4 is 5.97 Å². The second kappa shape index (κ2) is 6.09. The number of carbonyl (C=O) groups excluding carboxylic acids is 1. The van der Waals surface area contributed by atoms with Crippen LogP contribution >= 0.6 is 0 Å². The molecule has 0 aliphatic heterocycles. The van der Waals surface area contributed by atoms with Gasteiger partial charge in [0.1, 0.15) is 12.1 Å². The van der Waals surface area contributed by atoms with E-state index < -0.39 is 5.97 Å². The summed E-state index contributed by atoms with van der Waals surface area (Å²) in [4.78, 5) is 19.3. The number of esters is 1. The van der Waals surface area contributed by atoms with Gasteiger partial charge in [-0.25, -0.2) is 14.8 Å². The highest BCUT2D eigenvalue weighted by molar-refractivity contribution is 5.90. The lowest BCUT2D eigenvalue weighted by atomic mass is 10.0. The van der Waals surface area contributed by atoms with Crippen LogP contribution in [-0.2, 0) is 6.42 Å². The average molecular weight is 256 g/mol. The van der Waals surface area contributed by atoms with Gasteiger partial charge in [-0.15, -0.1) is 0 Å². The molecule has 0 bridgehead atoms. The summed E-state index contributed by atoms with van der Waals surface area (Å²) in [6.07, 6.45) is 5.25. The molecule has 0 saturated heterocycles. The van der Waals surface area contributed by atoms with Gasteiger partial charge in [0.15, 0.2) is 0 Å². The topological polar surface area (TPSA) is 52.1 Å². The van der Waals surface area contributed by atoms with Gasteiger partial charge in [0.05, 0.1) is 5.56 Å². The molecule has 0 fully saturated rings. The molecule has 0 saturated carbocycles. The third-order valence-electron chi connectivity index (χ3n) is 2.57. The van der Waals surface area contributed by atoms with Gasteiger partial charge >= 0.3 is 5.97 Å². The van der Waals surface area contributed by atoms with Gasteiger partial charge in [0.25, 0.3) is 0 Å². The van der Waals surface area contributed by atoms with E-state index in [-0.39, 0.29) is 0 Å². The number of nitrogens with zero attached hydrogens (tertiary/aromatic N) is 2. The first-order chi connectivity index (χ1) is 9.15. The van der Waals surface area contributed by atoms with E-state index in [0.29, 0.717) is 17.2 Å². The van der Waals surface area contributed by atoms with Crippen LogP contribution in [-0.4, -0.2) is 15.9 Å². The van der Waals surface area contributed by atoms with Crippen LogP contribution in [0.2, 0.25) is 0 Å². The molecule has 0 N–H and O–H groups in total. The summed E-state index contributed by atoms with van der Waals surface area (Å²) in [6.45, 7) is 4.34. The number of ether oxygens (including phenoxy) is 1. The van der Waals surface area contributed by atoms with Crippen molar-refractivity contribution in [2.24, 2.45) is 5.92 Å². The molecule has 0 radical (unpaired) electrons. The highest BCUT2D eigenvalue weighted by Gasteiger charge is 2.08. The fourth-order valence-electron chi connectivity index (χ4n) is 1.74. The molecule has 1 aromatic heterocycles. The first kappa shape index (κ1) is 13.2. The minimum absolute atomic E-state index is 0.341. The monoisotopic (exact) mass is 256 g/mol. The maximum Gasteiger partial charge on any atom is 0.346 e. The van der Waals surface area contributed by atoms with Gasteiger partial charge in [-0.05, 0) is 30.0 Å². The first-order valence-corrected chi connectivity index (χ1v) is 6.21. The summed E-state index contributed by atoms with van der Waals surface area (Å²) in [6, 6.07) is 7.56. The van der Waals surface area contributed by atoms with Crippen molar-refractivity contribution < 1.29 is 9.53 Å². The highest BCUT2D eigenvalue weighted by Crippen LogP contribution is 2.16. The summed E-state index contributed by atoms with van der Waals surface area (Å²) >= 11 is 0. The Balaban J connectivity index is 2.02. The summed E-state index contributed by atoms with van der Waals surface area (Å²) in [5.74, 6) is 0.688. The van der Waals surface area contributed by atoms with Crippen molar-refractivity contribution in [1.82, 2.24) is 9.97 Å². The fourth-order valence-corrected chi connectivity index (χ4v) is 1.74. The molecule has 2 aromatic rings. The maximum atomic E-state index is 11.8.